The number of ether oxygens (including phenoxy) is 1. The van der Waals surface area contributed by atoms with Crippen LogP contribution in [0.15, 0.2) is 46.9 Å². The third-order valence-electron chi connectivity index (χ3n) is 4.15. The molecule has 0 aliphatic rings. The molecule has 0 spiro atoms. The topological polar surface area (TPSA) is 53.6 Å². The number of carbonyl (C=O) groups is 1. The quantitative estimate of drug-likeness (QED) is 0.612. The normalized spacial score (nSPS) is 10.6. The number of carbonyl (C=O) groups excluding carboxylic acids is 1. The van der Waals surface area contributed by atoms with E-state index in [2.05, 4.69) is 57.4 Å². The maximum atomic E-state index is 12.5. The smallest absolute Gasteiger partial charge is 0.261 e. The van der Waals surface area contributed by atoms with Crippen LogP contribution in [-0.4, -0.2) is 36.1 Å². The number of hydrogen-bond acceptors (Lipinski definition) is 4. The Labute approximate surface area is 174 Å². The van der Waals surface area contributed by atoms with E-state index in [1.165, 1.54) is 12.7 Å². The van der Waals surface area contributed by atoms with Crippen molar-refractivity contribution in [2.45, 2.75) is 20.4 Å². The molecule has 0 unspecified atom stereocenters. The van der Waals surface area contributed by atoms with Gasteiger partial charge in [0.05, 0.1) is 12.7 Å². The van der Waals surface area contributed by atoms with Gasteiger partial charge in [-0.2, -0.15) is 0 Å². The summed E-state index contributed by atoms with van der Waals surface area (Å²) in [6, 6.07) is 13.3. The van der Waals surface area contributed by atoms with E-state index in [0.29, 0.717) is 11.3 Å². The third-order valence-corrected chi connectivity index (χ3v) is 4.84. The van der Waals surface area contributed by atoms with E-state index in [1.54, 1.807) is 12.1 Å². The predicted octanol–water partition coefficient (Wildman–Crippen LogP) is 4.43. The Kier molecular flexibility index (Phi) is 8.22. The fourth-order valence-electron chi connectivity index (χ4n) is 2.59. The molecule has 0 aliphatic carbocycles. The van der Waals surface area contributed by atoms with E-state index < -0.39 is 0 Å². The summed E-state index contributed by atoms with van der Waals surface area (Å²) in [6.07, 6.45) is 0. The summed E-state index contributed by atoms with van der Waals surface area (Å²) >= 11 is 8.62. The zero-order valence-corrected chi connectivity index (χ0v) is 18.1. The van der Waals surface area contributed by atoms with Gasteiger partial charge >= 0.3 is 0 Å². The lowest BCUT2D eigenvalue weighted by Crippen LogP contribution is -2.34. The van der Waals surface area contributed by atoms with Gasteiger partial charge in [0.1, 0.15) is 5.75 Å². The zero-order valence-electron chi connectivity index (χ0n) is 15.7. The molecule has 0 saturated heterocycles. The third kappa shape index (κ3) is 6.30. The number of nitrogens with one attached hydrogen (secondary N) is 2. The number of benzene rings is 2. The Balaban J connectivity index is 1.97. The van der Waals surface area contributed by atoms with E-state index in [9.17, 15) is 4.79 Å². The first kappa shape index (κ1) is 21.3. The minimum atomic E-state index is -0.330. The second-order valence-electron chi connectivity index (χ2n) is 5.91. The van der Waals surface area contributed by atoms with Gasteiger partial charge in [0.15, 0.2) is 5.11 Å². The maximum Gasteiger partial charge on any atom is 0.261 e. The van der Waals surface area contributed by atoms with E-state index in [4.69, 9.17) is 17.0 Å². The van der Waals surface area contributed by atoms with Crippen molar-refractivity contribution < 1.29 is 9.53 Å². The molecule has 5 nitrogen and oxygen atoms in total. The van der Waals surface area contributed by atoms with E-state index in [-0.39, 0.29) is 11.0 Å². The van der Waals surface area contributed by atoms with Crippen molar-refractivity contribution in [1.29, 1.82) is 0 Å². The van der Waals surface area contributed by atoms with Crippen molar-refractivity contribution in [3.8, 4) is 5.75 Å². The van der Waals surface area contributed by atoms with Crippen molar-refractivity contribution >= 4 is 44.9 Å². The molecule has 2 rings (SSSR count). The van der Waals surface area contributed by atoms with Crippen molar-refractivity contribution in [2.75, 3.05) is 25.5 Å². The van der Waals surface area contributed by atoms with Crippen molar-refractivity contribution in [1.82, 2.24) is 10.2 Å². The highest BCUT2D eigenvalue weighted by Gasteiger charge is 2.14. The molecule has 27 heavy (non-hydrogen) atoms. The van der Waals surface area contributed by atoms with Gasteiger partial charge in [-0.15, -0.1) is 0 Å². The molecule has 2 aromatic rings. The van der Waals surface area contributed by atoms with Gasteiger partial charge in [0.25, 0.3) is 5.91 Å². The summed E-state index contributed by atoms with van der Waals surface area (Å²) in [6.45, 7) is 7.26. The molecular formula is C20H24BrN3O2S. The Morgan fingerprint density at radius 2 is 1.81 bits per heavy atom. The minimum Gasteiger partial charge on any atom is -0.496 e. The Hall–Kier alpha value is -1.96. The molecule has 7 heteroatoms. The summed E-state index contributed by atoms with van der Waals surface area (Å²) < 4.78 is 6.02. The number of thiocarbonyl (C=S) groups is 1. The van der Waals surface area contributed by atoms with Crippen molar-refractivity contribution in [3.05, 3.63) is 58.1 Å². The Morgan fingerprint density at radius 3 is 2.41 bits per heavy atom. The number of halogens is 1. The van der Waals surface area contributed by atoms with Crippen molar-refractivity contribution in [2.24, 2.45) is 0 Å². The maximum absolute atomic E-state index is 12.5. The fraction of sp³-hybridized carbons (Fsp3) is 0.300. The molecule has 2 N–H and O–H groups in total. The fourth-order valence-corrected chi connectivity index (χ4v) is 3.16. The first-order valence-electron chi connectivity index (χ1n) is 8.74. The molecule has 0 bridgehead atoms. The van der Waals surface area contributed by atoms with Gasteiger partial charge in [-0.1, -0.05) is 41.9 Å². The highest BCUT2D eigenvalue weighted by molar-refractivity contribution is 9.10. The molecule has 0 radical (unpaired) electrons. The molecular weight excluding hydrogens is 426 g/mol. The van der Waals surface area contributed by atoms with Gasteiger partial charge in [-0.3, -0.25) is 15.0 Å². The second kappa shape index (κ2) is 10.4. The highest BCUT2D eigenvalue weighted by atomic mass is 79.9. The summed E-state index contributed by atoms with van der Waals surface area (Å²) in [4.78, 5) is 14.8. The molecule has 144 valence electrons. The molecule has 0 aliphatic heterocycles. The molecule has 1 amide bonds. The zero-order chi connectivity index (χ0) is 19.8. The molecule has 0 aromatic heterocycles. The predicted molar refractivity (Wildman–Crippen MR) is 117 cm³/mol. The van der Waals surface area contributed by atoms with Crippen LogP contribution < -0.4 is 15.4 Å². The van der Waals surface area contributed by atoms with Crippen LogP contribution in [0.5, 0.6) is 5.75 Å². The van der Waals surface area contributed by atoms with Crippen LogP contribution in [0.2, 0.25) is 0 Å². The first-order valence-corrected chi connectivity index (χ1v) is 9.94. The van der Waals surface area contributed by atoms with Gasteiger partial charge < -0.3 is 10.1 Å². The van der Waals surface area contributed by atoms with Crippen LogP contribution in [0.1, 0.15) is 29.8 Å². The van der Waals surface area contributed by atoms with E-state index in [0.717, 1.165) is 29.8 Å². The summed E-state index contributed by atoms with van der Waals surface area (Å²) in [5, 5.41) is 5.96. The number of nitrogens with zero attached hydrogens (tertiary/aromatic N) is 1. The lowest BCUT2D eigenvalue weighted by atomic mass is 10.2. The van der Waals surface area contributed by atoms with Gasteiger partial charge in [-0.25, -0.2) is 0 Å². The SMILES string of the molecule is CCN(CC)Cc1ccc(NC(=S)NC(=O)c2cc(Br)ccc2OC)cc1. The van der Waals surface area contributed by atoms with Crippen LogP contribution in [0.25, 0.3) is 0 Å². The Bertz CT molecular complexity index is 792. The lowest BCUT2D eigenvalue weighted by Gasteiger charge is -2.18. The average Bonchev–Trinajstić information content (AvgIpc) is 2.67. The van der Waals surface area contributed by atoms with Crippen molar-refractivity contribution in [3.63, 3.8) is 0 Å². The standard InChI is InChI=1S/C20H24BrN3O2S/c1-4-24(5-2)13-14-6-9-16(10-7-14)22-20(27)23-19(25)17-12-15(21)8-11-18(17)26-3/h6-12H,4-5,13H2,1-3H3,(H2,22,23,25,27). The van der Waals surface area contributed by atoms with Crippen LogP contribution in [-0.2, 0) is 6.54 Å². The average molecular weight is 450 g/mol. The molecule has 0 heterocycles. The highest BCUT2D eigenvalue weighted by Crippen LogP contribution is 2.22. The number of amides is 1. The molecule has 0 atom stereocenters. The van der Waals surface area contributed by atoms with Gasteiger partial charge in [0, 0.05) is 16.7 Å². The monoisotopic (exact) mass is 449 g/mol. The summed E-state index contributed by atoms with van der Waals surface area (Å²) in [5.74, 6) is 0.156. The first-order chi connectivity index (χ1) is 13.0. The number of hydrogen-bond donors (Lipinski definition) is 2. The lowest BCUT2D eigenvalue weighted by molar-refractivity contribution is 0.0974. The molecule has 0 fully saturated rings. The number of rotatable bonds is 7. The Morgan fingerprint density at radius 1 is 1.15 bits per heavy atom. The van der Waals surface area contributed by atoms with Crippen LogP contribution in [0, 0.1) is 0 Å². The molecule has 2 aromatic carbocycles. The summed E-state index contributed by atoms with van der Waals surface area (Å²) in [7, 11) is 1.52. The van der Waals surface area contributed by atoms with Crippen LogP contribution in [0.4, 0.5) is 5.69 Å². The number of methoxy groups -OCH3 is 1. The van der Waals surface area contributed by atoms with E-state index >= 15 is 0 Å². The minimum absolute atomic E-state index is 0.235. The van der Waals surface area contributed by atoms with Crippen LogP contribution in [0.3, 0.4) is 0 Å². The summed E-state index contributed by atoms with van der Waals surface area (Å²) in [5.41, 5.74) is 2.47. The second-order valence-corrected chi connectivity index (χ2v) is 7.24. The van der Waals surface area contributed by atoms with Crippen LogP contribution >= 0.6 is 28.1 Å². The van der Waals surface area contributed by atoms with Gasteiger partial charge in [0.2, 0.25) is 0 Å². The van der Waals surface area contributed by atoms with E-state index in [1.807, 2.05) is 18.2 Å². The number of anilines is 1. The largest absolute Gasteiger partial charge is 0.496 e. The van der Waals surface area contributed by atoms with Gasteiger partial charge in [-0.05, 0) is 61.2 Å². The molecule has 0 saturated carbocycles.